The van der Waals surface area contributed by atoms with E-state index in [1.54, 1.807) is 11.8 Å². The Morgan fingerprint density at radius 3 is 2.80 bits per heavy atom. The smallest absolute Gasteiger partial charge is 0.233 e. The molecule has 0 radical (unpaired) electrons. The molecule has 2 N–H and O–H groups in total. The molecule has 0 saturated carbocycles. The summed E-state index contributed by atoms with van der Waals surface area (Å²) in [5.41, 5.74) is 5.94. The van der Waals surface area contributed by atoms with E-state index in [4.69, 9.17) is 15.0 Å². The van der Waals surface area contributed by atoms with Gasteiger partial charge in [-0.2, -0.15) is 4.98 Å². The first-order valence-corrected chi connectivity index (χ1v) is 8.04. The van der Waals surface area contributed by atoms with Crippen molar-refractivity contribution >= 4 is 27.7 Å². The van der Waals surface area contributed by atoms with Crippen molar-refractivity contribution in [2.45, 2.75) is 22.6 Å². The van der Waals surface area contributed by atoms with Gasteiger partial charge in [-0.15, -0.1) is 11.8 Å². The Balaban J connectivity index is 1.61. The highest BCUT2D eigenvalue weighted by molar-refractivity contribution is 9.10. The van der Waals surface area contributed by atoms with Gasteiger partial charge in [0.15, 0.2) is 5.82 Å². The van der Waals surface area contributed by atoms with Gasteiger partial charge in [-0.05, 0) is 24.3 Å². The molecule has 7 heteroatoms. The number of rotatable bonds is 4. The molecule has 0 bridgehead atoms. The lowest BCUT2D eigenvalue weighted by Crippen LogP contribution is -2.27. The molecule has 0 spiro atoms. The monoisotopic (exact) mass is 355 g/mol. The van der Waals surface area contributed by atoms with Crippen LogP contribution in [0.5, 0.6) is 0 Å². The number of aromatic nitrogens is 2. The van der Waals surface area contributed by atoms with Gasteiger partial charge in [0.05, 0.1) is 24.9 Å². The lowest BCUT2D eigenvalue weighted by Gasteiger charge is -2.06. The number of hydrogen-bond acceptors (Lipinski definition) is 6. The molecule has 2 heterocycles. The van der Waals surface area contributed by atoms with Gasteiger partial charge in [0.25, 0.3) is 0 Å². The topological polar surface area (TPSA) is 74.2 Å². The summed E-state index contributed by atoms with van der Waals surface area (Å²) in [6.45, 7) is 1.11. The molecule has 1 fully saturated rings. The average Bonchev–Trinajstić information content (AvgIpc) is 3.06. The lowest BCUT2D eigenvalue weighted by atomic mass is 10.1. The fourth-order valence-electron chi connectivity index (χ4n) is 1.98. The Morgan fingerprint density at radius 2 is 2.10 bits per heavy atom. The first kappa shape index (κ1) is 14.1. The third kappa shape index (κ3) is 3.22. The van der Waals surface area contributed by atoms with Gasteiger partial charge in [0.2, 0.25) is 5.89 Å². The number of hydrogen-bond donors (Lipinski definition) is 1. The van der Waals surface area contributed by atoms with Gasteiger partial charge >= 0.3 is 0 Å². The molecule has 1 aliphatic heterocycles. The predicted molar refractivity (Wildman–Crippen MR) is 79.5 cm³/mol. The van der Waals surface area contributed by atoms with Crippen LogP contribution in [-0.2, 0) is 10.5 Å². The molecule has 1 saturated heterocycles. The summed E-state index contributed by atoms with van der Waals surface area (Å²) in [5, 5.41) is 4.00. The lowest BCUT2D eigenvalue weighted by molar-refractivity contribution is 0.187. The number of thioether (sulfide) groups is 1. The quantitative estimate of drug-likeness (QED) is 0.849. The van der Waals surface area contributed by atoms with Gasteiger partial charge in [-0.1, -0.05) is 21.1 Å². The molecule has 0 aliphatic carbocycles. The van der Waals surface area contributed by atoms with E-state index in [1.165, 1.54) is 4.90 Å². The molecule has 0 amide bonds. The number of nitrogens with zero attached hydrogens (tertiary/aromatic N) is 2. The Hall–Kier alpha value is -0.890. The summed E-state index contributed by atoms with van der Waals surface area (Å²) >= 11 is 5.09. The van der Waals surface area contributed by atoms with Crippen LogP contribution in [0.2, 0.25) is 0 Å². The van der Waals surface area contributed by atoms with Crippen LogP contribution in [-0.4, -0.2) is 29.4 Å². The van der Waals surface area contributed by atoms with Gasteiger partial charge in [0, 0.05) is 15.4 Å². The van der Waals surface area contributed by atoms with E-state index in [9.17, 15) is 0 Å². The number of ether oxygens (including phenoxy) is 1. The third-order valence-corrected chi connectivity index (χ3v) is 4.64. The summed E-state index contributed by atoms with van der Waals surface area (Å²) in [4.78, 5) is 5.57. The highest BCUT2D eigenvalue weighted by atomic mass is 79.9. The summed E-state index contributed by atoms with van der Waals surface area (Å²) in [6, 6.07) is 8.08. The summed E-state index contributed by atoms with van der Waals surface area (Å²) in [5.74, 6) is 1.97. The van der Waals surface area contributed by atoms with Crippen molar-refractivity contribution in [3.05, 3.63) is 40.5 Å². The molecule has 1 aromatic carbocycles. The average molecular weight is 356 g/mol. The van der Waals surface area contributed by atoms with Crippen molar-refractivity contribution < 1.29 is 9.26 Å². The molecule has 20 heavy (non-hydrogen) atoms. The molecule has 2 aromatic rings. The van der Waals surface area contributed by atoms with Gasteiger partial charge in [0.1, 0.15) is 0 Å². The zero-order chi connectivity index (χ0) is 13.9. The first-order chi connectivity index (χ1) is 9.72. The Morgan fingerprint density at radius 1 is 1.30 bits per heavy atom. The Labute approximate surface area is 129 Å². The zero-order valence-electron chi connectivity index (χ0n) is 10.7. The highest BCUT2D eigenvalue weighted by Gasteiger charge is 2.31. The second-order valence-electron chi connectivity index (χ2n) is 4.60. The standard InChI is InChI=1S/C13H14BrN3O2S/c14-8-1-3-9(4-2-8)20-7-12-16-13(19-17-12)10-5-18-6-11(10)15/h1-4,10-11H,5-7,15H2. The molecule has 1 aromatic heterocycles. The predicted octanol–water partition coefficient (Wildman–Crippen LogP) is 2.57. The van der Waals surface area contributed by atoms with Crippen molar-refractivity contribution in [2.75, 3.05) is 13.2 Å². The van der Waals surface area contributed by atoms with Crippen molar-refractivity contribution in [1.82, 2.24) is 10.1 Å². The van der Waals surface area contributed by atoms with E-state index in [0.29, 0.717) is 30.7 Å². The van der Waals surface area contributed by atoms with E-state index >= 15 is 0 Å². The minimum absolute atomic E-state index is 0.0222. The van der Waals surface area contributed by atoms with Crippen LogP contribution in [0.25, 0.3) is 0 Å². The largest absolute Gasteiger partial charge is 0.379 e. The highest BCUT2D eigenvalue weighted by Crippen LogP contribution is 2.26. The van der Waals surface area contributed by atoms with Gasteiger partial charge in [-0.25, -0.2) is 0 Å². The van der Waals surface area contributed by atoms with Crippen LogP contribution in [0.4, 0.5) is 0 Å². The Kier molecular flexibility index (Phi) is 4.40. The van der Waals surface area contributed by atoms with E-state index < -0.39 is 0 Å². The molecule has 2 unspecified atom stereocenters. The molecule has 3 rings (SSSR count). The maximum Gasteiger partial charge on any atom is 0.233 e. The number of benzene rings is 1. The molecule has 5 nitrogen and oxygen atoms in total. The zero-order valence-corrected chi connectivity index (χ0v) is 13.1. The summed E-state index contributed by atoms with van der Waals surface area (Å²) in [6.07, 6.45) is 0. The van der Waals surface area contributed by atoms with Crippen LogP contribution in [0.15, 0.2) is 38.2 Å². The minimum Gasteiger partial charge on any atom is -0.379 e. The molecule has 2 atom stereocenters. The van der Waals surface area contributed by atoms with E-state index in [-0.39, 0.29) is 12.0 Å². The second-order valence-corrected chi connectivity index (χ2v) is 6.56. The van der Waals surface area contributed by atoms with Crippen LogP contribution in [0.3, 0.4) is 0 Å². The van der Waals surface area contributed by atoms with Crippen LogP contribution >= 0.6 is 27.7 Å². The normalized spacial score (nSPS) is 22.3. The molecule has 1 aliphatic rings. The van der Waals surface area contributed by atoms with Crippen LogP contribution in [0.1, 0.15) is 17.6 Å². The SMILES string of the molecule is NC1COCC1c1nc(CSc2ccc(Br)cc2)no1. The van der Waals surface area contributed by atoms with Crippen molar-refractivity contribution in [2.24, 2.45) is 5.73 Å². The minimum atomic E-state index is -0.0533. The van der Waals surface area contributed by atoms with Gasteiger partial charge in [-0.3, -0.25) is 0 Å². The maximum absolute atomic E-state index is 5.94. The van der Waals surface area contributed by atoms with E-state index in [2.05, 4.69) is 38.2 Å². The van der Waals surface area contributed by atoms with Crippen LogP contribution < -0.4 is 5.73 Å². The van der Waals surface area contributed by atoms with Crippen molar-refractivity contribution in [1.29, 1.82) is 0 Å². The first-order valence-electron chi connectivity index (χ1n) is 6.26. The molecular formula is C13H14BrN3O2S. The number of nitrogens with two attached hydrogens (primary N) is 1. The van der Waals surface area contributed by atoms with E-state index in [0.717, 1.165) is 4.47 Å². The van der Waals surface area contributed by atoms with Crippen molar-refractivity contribution in [3.8, 4) is 0 Å². The second kappa shape index (κ2) is 6.26. The third-order valence-electron chi connectivity index (χ3n) is 3.11. The summed E-state index contributed by atoms with van der Waals surface area (Å²) in [7, 11) is 0. The summed E-state index contributed by atoms with van der Waals surface area (Å²) < 4.78 is 11.7. The molecule has 106 valence electrons. The van der Waals surface area contributed by atoms with Gasteiger partial charge < -0.3 is 15.0 Å². The fraction of sp³-hybridized carbons (Fsp3) is 0.385. The fourth-order valence-corrected chi connectivity index (χ4v) is 2.99. The maximum atomic E-state index is 5.94. The van der Waals surface area contributed by atoms with Crippen molar-refractivity contribution in [3.63, 3.8) is 0 Å². The number of halogens is 1. The van der Waals surface area contributed by atoms with E-state index in [1.807, 2.05) is 12.1 Å². The van der Waals surface area contributed by atoms with Crippen LogP contribution in [0, 0.1) is 0 Å². The Bertz CT molecular complexity index is 575. The molecular weight excluding hydrogens is 342 g/mol.